The van der Waals surface area contributed by atoms with Crippen LogP contribution in [0.3, 0.4) is 0 Å². The fourth-order valence-electron chi connectivity index (χ4n) is 12.1. The Morgan fingerprint density at radius 1 is 0.353 bits per heavy atom. The van der Waals surface area contributed by atoms with Gasteiger partial charge in [-0.15, -0.1) is 0 Å². The van der Waals surface area contributed by atoms with Crippen LogP contribution in [0.1, 0.15) is 52.7 Å². The highest BCUT2D eigenvalue weighted by molar-refractivity contribution is 7.01. The second-order valence-electron chi connectivity index (χ2n) is 21.2. The highest BCUT2D eigenvalue weighted by Gasteiger charge is 2.47. The van der Waals surface area contributed by atoms with Crippen molar-refractivity contribution >= 4 is 133 Å². The van der Waals surface area contributed by atoms with Crippen molar-refractivity contribution < 1.29 is 4.42 Å². The topological polar surface area (TPSA) is 19.6 Å². The smallest absolute Gasteiger partial charge is 0.257 e. The van der Waals surface area contributed by atoms with Gasteiger partial charge in [0.05, 0.1) is 5.69 Å². The largest absolute Gasteiger partial charge is 0.440 e. The number of hydrogen-bond acceptors (Lipinski definition) is 3. The van der Waals surface area contributed by atoms with Crippen LogP contribution in [0, 0.1) is 0 Å². The Morgan fingerprint density at radius 3 is 1.43 bits per heavy atom. The third-order valence-electron chi connectivity index (χ3n) is 15.3. The first kappa shape index (κ1) is 39.4. The molecule has 0 radical (unpaired) electrons. The van der Waals surface area contributed by atoms with E-state index >= 15 is 0 Å². The molecule has 3 heterocycles. The molecule has 14 rings (SSSR count). The van der Waals surface area contributed by atoms with Gasteiger partial charge in [-0.25, -0.2) is 0 Å². The number of benzene rings is 11. The fraction of sp³-hybridized carbons (Fsp3) is 0.125. The Kier molecular flexibility index (Phi) is 8.03. The van der Waals surface area contributed by atoms with Crippen molar-refractivity contribution in [2.75, 3.05) is 9.80 Å². The molecular weight excluding hydrogens is 824 g/mol. The van der Waals surface area contributed by atoms with Crippen LogP contribution in [0.5, 0.6) is 0 Å². The minimum Gasteiger partial charge on any atom is -0.440 e. The molecule has 11 aromatic carbocycles. The maximum atomic E-state index is 7.39. The number of anilines is 6. The summed E-state index contributed by atoms with van der Waals surface area (Å²) in [5, 5.41) is 16.2. The van der Waals surface area contributed by atoms with E-state index in [9.17, 15) is 0 Å². The molecule has 0 saturated heterocycles. The van der Waals surface area contributed by atoms with E-state index < -0.39 is 0 Å². The number of rotatable bonds is 2. The van der Waals surface area contributed by atoms with Gasteiger partial charge >= 0.3 is 0 Å². The first-order chi connectivity index (χ1) is 33.0. The Hall–Kier alpha value is -7.82. The van der Waals surface area contributed by atoms with Gasteiger partial charge < -0.3 is 9.32 Å². The zero-order valence-corrected chi connectivity index (χ0v) is 39.3. The van der Waals surface area contributed by atoms with E-state index in [1.54, 1.807) is 0 Å². The van der Waals surface area contributed by atoms with Crippen LogP contribution in [0.15, 0.2) is 192 Å². The molecule has 324 valence electrons. The number of hydrogen-bond donors (Lipinski definition) is 0. The summed E-state index contributed by atoms with van der Waals surface area (Å²) in [4.78, 5) is 5.03. The molecule has 0 N–H and O–H groups in total. The summed E-state index contributed by atoms with van der Waals surface area (Å²) in [7, 11) is 0. The average Bonchev–Trinajstić information content (AvgIpc) is 3.74. The summed E-state index contributed by atoms with van der Waals surface area (Å²) in [5.41, 5.74) is 12.9. The average molecular weight is 873 g/mol. The van der Waals surface area contributed by atoms with Gasteiger partial charge in [-0.05, 0) is 141 Å². The summed E-state index contributed by atoms with van der Waals surface area (Å²) in [6.07, 6.45) is 0. The quantitative estimate of drug-likeness (QED) is 0.127. The second kappa shape index (κ2) is 13.9. The lowest BCUT2D eigenvalue weighted by Gasteiger charge is -2.43. The molecule has 0 unspecified atom stereocenters. The van der Waals surface area contributed by atoms with Crippen LogP contribution in [-0.2, 0) is 10.8 Å². The Bertz CT molecular complexity index is 4070. The molecule has 0 spiro atoms. The predicted octanol–water partition coefficient (Wildman–Crippen LogP) is 16.0. The first-order valence-electron chi connectivity index (χ1n) is 24.1. The standard InChI is InChI=1S/C64H49BN2O/c1-63(2,3)38-30-34-58-52(35-38)60-62(68-58)67(55-26-15-25-50-46-21-11-9-20-44(46)45-22-13-14-24-49(45)59(50)55)57-28-16-27-56-61(57)65(60)53-36-39(64(4,5)6)29-33-54(53)66(56)40-31-32-48-43-19-8-7-17-41(43)42-18-10-12-23-47(42)51(48)37-40/h7-37H,1-6H3. The molecule has 68 heavy (non-hydrogen) atoms. The van der Waals surface area contributed by atoms with Crippen molar-refractivity contribution in [3.05, 3.63) is 199 Å². The zero-order chi connectivity index (χ0) is 45.8. The molecule has 0 bridgehead atoms. The van der Waals surface area contributed by atoms with Gasteiger partial charge in [0.15, 0.2) is 0 Å². The molecule has 4 heteroatoms. The molecule has 3 nitrogen and oxygen atoms in total. The van der Waals surface area contributed by atoms with Gasteiger partial charge in [-0.2, -0.15) is 0 Å². The van der Waals surface area contributed by atoms with Gasteiger partial charge in [0.2, 0.25) is 5.88 Å². The Morgan fingerprint density at radius 2 is 0.824 bits per heavy atom. The monoisotopic (exact) mass is 872 g/mol. The number of nitrogens with zero attached hydrogens (tertiary/aromatic N) is 2. The predicted molar refractivity (Wildman–Crippen MR) is 293 cm³/mol. The molecule has 0 aliphatic carbocycles. The molecule has 12 aromatic rings. The Balaban J connectivity index is 1.12. The lowest BCUT2D eigenvalue weighted by Crippen LogP contribution is -2.61. The summed E-state index contributed by atoms with van der Waals surface area (Å²) in [6.45, 7) is 13.8. The molecule has 0 saturated carbocycles. The van der Waals surface area contributed by atoms with Gasteiger partial charge in [0, 0.05) is 39.0 Å². The lowest BCUT2D eigenvalue weighted by atomic mass is 9.33. The summed E-state index contributed by atoms with van der Waals surface area (Å²) in [6, 6.07) is 70.7. The Labute approximate surface area is 396 Å². The lowest BCUT2D eigenvalue weighted by molar-refractivity contribution is 0.589. The van der Waals surface area contributed by atoms with E-state index in [1.807, 2.05) is 0 Å². The van der Waals surface area contributed by atoms with E-state index in [-0.39, 0.29) is 17.5 Å². The van der Waals surface area contributed by atoms with Crippen molar-refractivity contribution in [3.8, 4) is 0 Å². The van der Waals surface area contributed by atoms with Gasteiger partial charge in [0.25, 0.3) is 6.71 Å². The maximum absolute atomic E-state index is 7.39. The normalized spacial score (nSPS) is 13.6. The van der Waals surface area contributed by atoms with Crippen LogP contribution in [0.25, 0.3) is 75.6 Å². The van der Waals surface area contributed by atoms with Gasteiger partial charge in [-0.3, -0.25) is 4.90 Å². The SMILES string of the molecule is CC(C)(C)c1ccc2c(c1)B1c3c(cccc3N(c3cccc4c5ccccc5c5ccccc5c34)c3oc4ccc(C(C)(C)C)cc4c31)N2c1ccc2c3ccccc3c3ccccc3c2c1. The van der Waals surface area contributed by atoms with Crippen molar-refractivity contribution in [3.63, 3.8) is 0 Å². The van der Waals surface area contributed by atoms with E-state index in [1.165, 1.54) is 109 Å². The second-order valence-corrected chi connectivity index (χ2v) is 21.2. The van der Waals surface area contributed by atoms with Gasteiger partial charge in [0.1, 0.15) is 5.58 Å². The molecule has 0 amide bonds. The number of fused-ring (bicyclic) bond motifs is 18. The highest BCUT2D eigenvalue weighted by atomic mass is 16.4. The van der Waals surface area contributed by atoms with Crippen LogP contribution >= 0.6 is 0 Å². The van der Waals surface area contributed by atoms with Crippen molar-refractivity contribution in [2.45, 2.75) is 52.4 Å². The first-order valence-corrected chi connectivity index (χ1v) is 24.1. The third kappa shape index (κ3) is 5.43. The molecule has 2 aliphatic heterocycles. The van der Waals surface area contributed by atoms with Crippen LogP contribution in [-0.4, -0.2) is 6.71 Å². The fourth-order valence-corrected chi connectivity index (χ4v) is 12.1. The molecule has 0 atom stereocenters. The van der Waals surface area contributed by atoms with Crippen LogP contribution in [0.2, 0.25) is 0 Å². The molecule has 0 fully saturated rings. The van der Waals surface area contributed by atoms with Crippen molar-refractivity contribution in [2.24, 2.45) is 0 Å². The summed E-state index contributed by atoms with van der Waals surface area (Å²) >= 11 is 0. The molecule has 1 aromatic heterocycles. The van der Waals surface area contributed by atoms with Crippen molar-refractivity contribution in [1.29, 1.82) is 0 Å². The van der Waals surface area contributed by atoms with E-state index in [4.69, 9.17) is 4.42 Å². The maximum Gasteiger partial charge on any atom is 0.257 e. The highest BCUT2D eigenvalue weighted by Crippen LogP contribution is 2.50. The zero-order valence-electron chi connectivity index (χ0n) is 39.3. The third-order valence-corrected chi connectivity index (χ3v) is 15.3. The number of furan rings is 1. The molecular formula is C64H49BN2O. The van der Waals surface area contributed by atoms with Crippen LogP contribution < -0.4 is 26.2 Å². The minimum atomic E-state index is -0.102. The van der Waals surface area contributed by atoms with Crippen LogP contribution in [0.4, 0.5) is 34.3 Å². The van der Waals surface area contributed by atoms with E-state index in [2.05, 4.69) is 239 Å². The molecule has 2 aliphatic rings. The van der Waals surface area contributed by atoms with Gasteiger partial charge in [-0.1, -0.05) is 181 Å². The van der Waals surface area contributed by atoms with E-state index in [0.717, 1.165) is 28.5 Å². The minimum absolute atomic E-state index is 0.0579. The summed E-state index contributed by atoms with van der Waals surface area (Å²) < 4.78 is 7.39. The summed E-state index contributed by atoms with van der Waals surface area (Å²) in [5.74, 6) is 0.884. The van der Waals surface area contributed by atoms with E-state index in [0.29, 0.717) is 0 Å². The van der Waals surface area contributed by atoms with Crippen molar-refractivity contribution in [1.82, 2.24) is 0 Å².